The molecule has 0 radical (unpaired) electrons. The van der Waals surface area contributed by atoms with Crippen molar-refractivity contribution < 1.29 is 26.0 Å². The molecule has 1 aliphatic rings. The molecule has 8 heteroatoms. The van der Waals surface area contributed by atoms with Crippen molar-refractivity contribution in [3.05, 3.63) is 53.6 Å². The molecule has 0 fully saturated rings. The zero-order valence-electron chi connectivity index (χ0n) is 21.4. The summed E-state index contributed by atoms with van der Waals surface area (Å²) in [7, 11) is 6.94. The molecule has 0 atom stereocenters. The maximum atomic E-state index is 9.05. The van der Waals surface area contributed by atoms with E-state index in [9.17, 15) is 0 Å². The number of benzene rings is 1. The third-order valence-corrected chi connectivity index (χ3v) is 5.52. The van der Waals surface area contributed by atoms with Gasteiger partial charge < -0.3 is 34.3 Å². The van der Waals surface area contributed by atoms with E-state index in [-0.39, 0.29) is 8.03 Å². The SMILES string of the molecule is CCN(CCO)CCN(C)Cc1ccc(OC)c(OC)c1OC.ONCCC1=CC=CC=CC1.[HH]. The Kier molecular flexibility index (Phi) is 15.7. The van der Waals surface area contributed by atoms with Crippen LogP contribution in [0.2, 0.25) is 0 Å². The fourth-order valence-corrected chi connectivity index (χ4v) is 3.56. The van der Waals surface area contributed by atoms with E-state index < -0.39 is 0 Å². The van der Waals surface area contributed by atoms with Crippen LogP contribution in [0.25, 0.3) is 0 Å². The van der Waals surface area contributed by atoms with Crippen LogP contribution in [0.3, 0.4) is 0 Å². The Morgan fingerprint density at radius 1 is 1.00 bits per heavy atom. The molecule has 34 heavy (non-hydrogen) atoms. The van der Waals surface area contributed by atoms with Gasteiger partial charge in [-0.1, -0.05) is 48.9 Å². The Labute approximate surface area is 206 Å². The van der Waals surface area contributed by atoms with Crippen molar-refractivity contribution in [1.82, 2.24) is 15.3 Å². The Morgan fingerprint density at radius 2 is 1.76 bits per heavy atom. The smallest absolute Gasteiger partial charge is 0.203 e. The zero-order valence-corrected chi connectivity index (χ0v) is 21.4. The van der Waals surface area contributed by atoms with E-state index in [0.29, 0.717) is 30.3 Å². The maximum Gasteiger partial charge on any atom is 0.203 e. The Balaban J connectivity index is 0.000000807. The highest BCUT2D eigenvalue weighted by Gasteiger charge is 2.17. The summed E-state index contributed by atoms with van der Waals surface area (Å²) in [4.78, 5) is 4.45. The largest absolute Gasteiger partial charge is 0.493 e. The van der Waals surface area contributed by atoms with Gasteiger partial charge in [0.1, 0.15) is 0 Å². The van der Waals surface area contributed by atoms with Crippen molar-refractivity contribution >= 4 is 0 Å². The molecule has 1 aliphatic carbocycles. The van der Waals surface area contributed by atoms with E-state index in [4.69, 9.17) is 24.5 Å². The minimum atomic E-state index is 0. The van der Waals surface area contributed by atoms with Gasteiger partial charge in [-0.05, 0) is 32.5 Å². The Hall–Kier alpha value is -2.36. The molecule has 0 aliphatic heterocycles. The van der Waals surface area contributed by atoms with Crippen LogP contribution in [-0.2, 0) is 6.54 Å². The minimum absolute atomic E-state index is 0. The summed E-state index contributed by atoms with van der Waals surface area (Å²) in [6.45, 7) is 7.16. The van der Waals surface area contributed by atoms with E-state index in [2.05, 4.69) is 41.4 Å². The number of ether oxygens (including phenoxy) is 3. The number of hydrogen-bond acceptors (Lipinski definition) is 8. The number of rotatable bonds is 14. The number of aliphatic hydroxyl groups is 1. The highest BCUT2D eigenvalue weighted by molar-refractivity contribution is 5.55. The highest BCUT2D eigenvalue weighted by Crippen LogP contribution is 2.40. The standard InChI is InChI=1S/C17H30N2O4.C9H13NO.H2/c1-6-19(11-12-20)10-9-18(2)13-14-7-8-15(21-3)17(23-5)16(14)22-4;11-10-8-7-9-5-3-1-2-4-6-9;/h7-8,20H,6,9-13H2,1-5H3;1-5,10-11H,6-8H2;1H. The van der Waals surface area contributed by atoms with Crippen molar-refractivity contribution in [2.75, 3.05) is 67.7 Å². The lowest BCUT2D eigenvalue weighted by molar-refractivity contribution is 0.168. The first kappa shape index (κ1) is 29.7. The van der Waals surface area contributed by atoms with Crippen LogP contribution in [0.5, 0.6) is 17.2 Å². The van der Waals surface area contributed by atoms with Gasteiger partial charge in [0, 0.05) is 39.7 Å². The molecular formula is C26H45N3O5. The second kappa shape index (κ2) is 18.0. The molecule has 0 saturated carbocycles. The summed E-state index contributed by atoms with van der Waals surface area (Å²) in [6.07, 6.45) is 12.2. The van der Waals surface area contributed by atoms with Crippen LogP contribution in [-0.4, -0.2) is 87.8 Å². The number of likely N-dealkylation sites (N-methyl/N-ethyl adjacent to an activating group) is 2. The van der Waals surface area contributed by atoms with Gasteiger partial charge >= 0.3 is 0 Å². The lowest BCUT2D eigenvalue weighted by atomic mass is 10.1. The molecular weight excluding hydrogens is 434 g/mol. The number of allylic oxidation sites excluding steroid dienone is 5. The lowest BCUT2D eigenvalue weighted by Crippen LogP contribution is -2.34. The molecule has 3 N–H and O–H groups in total. The molecule has 194 valence electrons. The van der Waals surface area contributed by atoms with Crippen molar-refractivity contribution in [3.8, 4) is 17.2 Å². The number of methoxy groups -OCH3 is 3. The number of hydrogen-bond donors (Lipinski definition) is 3. The average Bonchev–Trinajstić information content (AvgIpc) is 3.14. The normalized spacial score (nSPS) is 12.8. The fourth-order valence-electron chi connectivity index (χ4n) is 3.56. The van der Waals surface area contributed by atoms with Crippen LogP contribution in [0.1, 0.15) is 26.8 Å². The van der Waals surface area contributed by atoms with Gasteiger partial charge in [0.2, 0.25) is 5.75 Å². The van der Waals surface area contributed by atoms with Gasteiger partial charge in [-0.25, -0.2) is 5.48 Å². The molecule has 0 unspecified atom stereocenters. The van der Waals surface area contributed by atoms with Crippen molar-refractivity contribution in [2.45, 2.75) is 26.3 Å². The third kappa shape index (κ3) is 10.7. The van der Waals surface area contributed by atoms with Crippen LogP contribution >= 0.6 is 0 Å². The summed E-state index contributed by atoms with van der Waals surface area (Å²) in [5.74, 6) is 1.99. The Bertz CT molecular complexity index is 786. The van der Waals surface area contributed by atoms with Gasteiger partial charge in [-0.3, -0.25) is 0 Å². The highest BCUT2D eigenvalue weighted by atomic mass is 16.5. The summed E-state index contributed by atoms with van der Waals surface area (Å²) in [6, 6.07) is 3.90. The zero-order chi connectivity index (χ0) is 25.2. The molecule has 2 rings (SSSR count). The van der Waals surface area contributed by atoms with Crippen LogP contribution < -0.4 is 19.7 Å². The maximum absolute atomic E-state index is 9.05. The fraction of sp³-hybridized carbons (Fsp3) is 0.538. The molecule has 1 aromatic rings. The number of nitrogens with zero attached hydrogens (tertiary/aromatic N) is 2. The van der Waals surface area contributed by atoms with E-state index in [1.165, 1.54) is 5.57 Å². The lowest BCUT2D eigenvalue weighted by Gasteiger charge is -2.24. The average molecular weight is 480 g/mol. The quantitative estimate of drug-likeness (QED) is 0.350. The summed E-state index contributed by atoms with van der Waals surface area (Å²) < 4.78 is 16.3. The van der Waals surface area contributed by atoms with Crippen molar-refractivity contribution in [1.29, 1.82) is 0 Å². The van der Waals surface area contributed by atoms with Gasteiger partial charge in [-0.2, -0.15) is 0 Å². The molecule has 0 saturated heterocycles. The topological polar surface area (TPSA) is 86.7 Å². The van der Waals surface area contributed by atoms with E-state index in [1.54, 1.807) is 21.3 Å². The molecule has 0 heterocycles. The molecule has 0 amide bonds. The molecule has 0 aromatic heterocycles. The Morgan fingerprint density at radius 3 is 2.38 bits per heavy atom. The second-order valence-corrected chi connectivity index (χ2v) is 7.89. The minimum Gasteiger partial charge on any atom is -0.493 e. The summed E-state index contributed by atoms with van der Waals surface area (Å²) in [5.41, 5.74) is 4.54. The van der Waals surface area contributed by atoms with Gasteiger partial charge in [0.15, 0.2) is 11.5 Å². The first-order chi connectivity index (χ1) is 16.5. The molecule has 0 spiro atoms. The van der Waals surface area contributed by atoms with Gasteiger partial charge in [0.25, 0.3) is 0 Å². The molecule has 1 aromatic carbocycles. The van der Waals surface area contributed by atoms with Gasteiger partial charge in [-0.15, -0.1) is 0 Å². The van der Waals surface area contributed by atoms with Crippen LogP contribution in [0.4, 0.5) is 0 Å². The first-order valence-electron chi connectivity index (χ1n) is 11.7. The van der Waals surface area contributed by atoms with E-state index in [0.717, 1.165) is 44.6 Å². The van der Waals surface area contributed by atoms with E-state index in [1.807, 2.05) is 30.4 Å². The molecule has 0 bridgehead atoms. The third-order valence-electron chi connectivity index (χ3n) is 5.52. The van der Waals surface area contributed by atoms with Crippen LogP contribution in [0, 0.1) is 0 Å². The number of aliphatic hydroxyl groups excluding tert-OH is 1. The van der Waals surface area contributed by atoms with Crippen molar-refractivity contribution in [2.24, 2.45) is 0 Å². The predicted molar refractivity (Wildman–Crippen MR) is 139 cm³/mol. The van der Waals surface area contributed by atoms with E-state index >= 15 is 0 Å². The first-order valence-corrected chi connectivity index (χ1v) is 11.7. The summed E-state index contributed by atoms with van der Waals surface area (Å²) in [5, 5.41) is 17.4. The van der Waals surface area contributed by atoms with Gasteiger partial charge in [0.05, 0.1) is 27.9 Å². The monoisotopic (exact) mass is 479 g/mol. The van der Waals surface area contributed by atoms with Crippen molar-refractivity contribution in [3.63, 3.8) is 0 Å². The summed E-state index contributed by atoms with van der Waals surface area (Å²) >= 11 is 0. The predicted octanol–water partition coefficient (Wildman–Crippen LogP) is 3.50. The molecule has 8 nitrogen and oxygen atoms in total. The second-order valence-electron chi connectivity index (χ2n) is 7.89. The number of hydroxylamine groups is 1. The number of nitrogens with one attached hydrogen (secondary N) is 1. The van der Waals surface area contributed by atoms with Crippen LogP contribution in [0.15, 0.2) is 48.1 Å².